The predicted molar refractivity (Wildman–Crippen MR) is 105 cm³/mol. The molecule has 5 aliphatic carbocycles. The monoisotopic (exact) mass is 453 g/mol. The van der Waals surface area contributed by atoms with E-state index < -0.39 is 23.2 Å². The Morgan fingerprint density at radius 2 is 1.81 bits per heavy atom. The molecular weight excluding hydrogens is 429 g/mol. The number of alkyl halides is 3. The number of nitrogens with zero attached hydrogens (tertiary/aromatic N) is 2. The van der Waals surface area contributed by atoms with E-state index >= 15 is 0 Å². The Labute approximate surface area is 181 Å². The number of benzene rings is 1. The Bertz CT molecular complexity index is 1090. The van der Waals surface area contributed by atoms with Crippen LogP contribution in [0, 0.1) is 46.6 Å². The highest BCUT2D eigenvalue weighted by Gasteiger charge is 2.69. The fraction of sp³-hybridized carbons (Fsp3) is 0.652. The highest BCUT2D eigenvalue weighted by Crippen LogP contribution is 2.66. The minimum atomic E-state index is -4.19. The summed E-state index contributed by atoms with van der Waals surface area (Å²) in [6, 6.07) is 2.03. The minimum Gasteiger partial charge on any atom is -0.353 e. The van der Waals surface area contributed by atoms with E-state index in [0.717, 1.165) is 18.9 Å². The van der Waals surface area contributed by atoms with Crippen LogP contribution in [0.2, 0.25) is 0 Å². The third kappa shape index (κ3) is 2.78. The van der Waals surface area contributed by atoms with Gasteiger partial charge >= 0.3 is 6.18 Å². The van der Waals surface area contributed by atoms with Crippen molar-refractivity contribution in [1.82, 2.24) is 14.9 Å². The van der Waals surface area contributed by atoms with Gasteiger partial charge in [0.15, 0.2) is 11.6 Å². The first-order chi connectivity index (χ1) is 15.1. The van der Waals surface area contributed by atoms with Gasteiger partial charge in [0.25, 0.3) is 0 Å². The molecule has 5 aliphatic rings. The summed E-state index contributed by atoms with van der Waals surface area (Å²) in [4.78, 5) is 17.0. The van der Waals surface area contributed by atoms with E-state index in [1.165, 1.54) is 6.07 Å². The normalized spacial score (nSPS) is 38.4. The zero-order chi connectivity index (χ0) is 22.6. The fourth-order valence-electron chi connectivity index (χ4n) is 7.13. The maximum Gasteiger partial charge on any atom is 0.394 e. The lowest BCUT2D eigenvalue weighted by atomic mass is 9.69. The van der Waals surface area contributed by atoms with Crippen molar-refractivity contribution >= 4 is 16.9 Å². The van der Waals surface area contributed by atoms with Gasteiger partial charge in [-0.15, -0.1) is 0 Å². The molecule has 0 saturated heterocycles. The topological polar surface area (TPSA) is 46.9 Å². The van der Waals surface area contributed by atoms with Gasteiger partial charge in [-0.25, -0.2) is 13.8 Å². The van der Waals surface area contributed by atoms with Gasteiger partial charge in [-0.1, -0.05) is 6.92 Å². The van der Waals surface area contributed by atoms with Gasteiger partial charge in [0.1, 0.15) is 0 Å². The molecule has 1 aromatic carbocycles. The molecular formula is C23H24F5N3O. The molecule has 172 valence electrons. The molecule has 7 rings (SSSR count). The standard InChI is InChI=1S/C23H24F5N3O/c1-10(21(32)30-18-8-22(23(26,27)28)6-11(18)7-22)20-13-2-12(3-14(13)20)31-9-29-17-4-15(24)16(25)5-19(17)31/h4-5,9-14,18,20H,2-3,6-8H2,1H3,(H,30,32)/t10?,11?,12-,13-,14+,18?,20+,22?. The number of carbonyl (C=O) groups is 1. The van der Waals surface area contributed by atoms with Crippen molar-refractivity contribution in [3.8, 4) is 0 Å². The summed E-state index contributed by atoms with van der Waals surface area (Å²) in [5, 5.41) is 2.92. The number of hydrogen-bond acceptors (Lipinski definition) is 2. The molecule has 2 bridgehead atoms. The molecule has 6 atom stereocenters. The zero-order valence-electron chi connectivity index (χ0n) is 17.5. The van der Waals surface area contributed by atoms with Crippen molar-refractivity contribution in [3.63, 3.8) is 0 Å². The predicted octanol–water partition coefficient (Wildman–Crippen LogP) is 4.99. The number of carbonyl (C=O) groups excluding carboxylic acids is 1. The molecule has 1 amide bonds. The van der Waals surface area contributed by atoms with Crippen LogP contribution in [-0.2, 0) is 4.79 Å². The summed E-state index contributed by atoms with van der Waals surface area (Å²) in [5.74, 6) is -1.30. The third-order valence-corrected chi connectivity index (χ3v) is 8.90. The summed E-state index contributed by atoms with van der Waals surface area (Å²) < 4.78 is 68.9. The zero-order valence-corrected chi connectivity index (χ0v) is 17.5. The smallest absolute Gasteiger partial charge is 0.353 e. The minimum absolute atomic E-state index is 0.00405. The summed E-state index contributed by atoms with van der Waals surface area (Å²) >= 11 is 0. The number of amides is 1. The molecule has 2 unspecified atom stereocenters. The molecule has 1 heterocycles. The number of halogens is 5. The Hall–Kier alpha value is -2.19. The highest BCUT2D eigenvalue weighted by molar-refractivity contribution is 5.79. The Balaban J connectivity index is 1.08. The molecule has 9 heteroatoms. The van der Waals surface area contributed by atoms with Gasteiger partial charge in [-0.2, -0.15) is 13.2 Å². The van der Waals surface area contributed by atoms with Crippen LogP contribution in [0.3, 0.4) is 0 Å². The van der Waals surface area contributed by atoms with Crippen LogP contribution in [0.15, 0.2) is 18.5 Å². The van der Waals surface area contributed by atoms with E-state index in [4.69, 9.17) is 0 Å². The molecule has 2 aromatic rings. The van der Waals surface area contributed by atoms with Crippen molar-refractivity contribution in [1.29, 1.82) is 0 Å². The second kappa shape index (κ2) is 6.44. The van der Waals surface area contributed by atoms with Crippen LogP contribution in [0.5, 0.6) is 0 Å². The number of nitrogens with one attached hydrogen (secondary N) is 1. The molecule has 1 aromatic heterocycles. The third-order valence-electron chi connectivity index (χ3n) is 8.90. The molecule has 5 fully saturated rings. The number of aromatic nitrogens is 2. The summed E-state index contributed by atoms with van der Waals surface area (Å²) in [7, 11) is 0. The molecule has 0 aliphatic heterocycles. The van der Waals surface area contributed by atoms with Crippen LogP contribution < -0.4 is 5.32 Å². The van der Waals surface area contributed by atoms with E-state index in [1.807, 2.05) is 11.5 Å². The SMILES string of the molecule is CC(C(=O)NC1CC2(C(F)(F)F)CC1C2)[C@H]1[C@@H]2C[C@@H](n3cnc4cc(F)c(F)cc43)C[C@@H]21. The quantitative estimate of drug-likeness (QED) is 0.663. The second-order valence-corrected chi connectivity index (χ2v) is 10.5. The summed E-state index contributed by atoms with van der Waals surface area (Å²) in [6.45, 7) is 1.87. The average molecular weight is 453 g/mol. The van der Waals surface area contributed by atoms with Crippen LogP contribution in [0.4, 0.5) is 22.0 Å². The first kappa shape index (κ1) is 20.4. The first-order valence-electron chi connectivity index (χ1n) is 11.3. The van der Waals surface area contributed by atoms with Crippen molar-refractivity contribution in [3.05, 3.63) is 30.1 Å². The van der Waals surface area contributed by atoms with E-state index in [9.17, 15) is 26.7 Å². The lowest BCUT2D eigenvalue weighted by molar-refractivity contribution is -0.244. The number of imidazole rings is 1. The van der Waals surface area contributed by atoms with E-state index in [-0.39, 0.29) is 55.0 Å². The van der Waals surface area contributed by atoms with E-state index in [1.54, 1.807) is 6.33 Å². The second-order valence-electron chi connectivity index (χ2n) is 10.5. The lowest BCUT2D eigenvalue weighted by Gasteiger charge is -2.39. The Morgan fingerprint density at radius 3 is 2.44 bits per heavy atom. The molecule has 1 N–H and O–H groups in total. The van der Waals surface area contributed by atoms with Crippen LogP contribution in [0.1, 0.15) is 45.1 Å². The van der Waals surface area contributed by atoms with Gasteiger partial charge < -0.3 is 9.88 Å². The summed E-state index contributed by atoms with van der Waals surface area (Å²) in [6.07, 6.45) is -0.632. The van der Waals surface area contributed by atoms with Gasteiger partial charge in [0.2, 0.25) is 5.91 Å². The average Bonchev–Trinajstić information content (AvgIpc) is 3.17. The molecule has 0 radical (unpaired) electrons. The number of fused-ring (bicyclic) bond motifs is 3. The van der Waals surface area contributed by atoms with Crippen molar-refractivity contribution in [2.24, 2.45) is 35.0 Å². The molecule has 5 saturated carbocycles. The Morgan fingerprint density at radius 1 is 1.16 bits per heavy atom. The van der Waals surface area contributed by atoms with Gasteiger partial charge in [-0.3, -0.25) is 4.79 Å². The van der Waals surface area contributed by atoms with Crippen molar-refractivity contribution < 1.29 is 26.7 Å². The van der Waals surface area contributed by atoms with Crippen molar-refractivity contribution in [2.45, 2.75) is 57.3 Å². The van der Waals surface area contributed by atoms with E-state index in [0.29, 0.717) is 22.9 Å². The van der Waals surface area contributed by atoms with E-state index in [2.05, 4.69) is 10.3 Å². The van der Waals surface area contributed by atoms with Gasteiger partial charge in [0.05, 0.1) is 22.8 Å². The van der Waals surface area contributed by atoms with Crippen LogP contribution in [0.25, 0.3) is 11.0 Å². The van der Waals surface area contributed by atoms with Gasteiger partial charge in [-0.05, 0) is 55.8 Å². The maximum atomic E-state index is 13.7. The largest absolute Gasteiger partial charge is 0.394 e. The Kier molecular flexibility index (Phi) is 4.11. The summed E-state index contributed by atoms with van der Waals surface area (Å²) in [5.41, 5.74) is -0.602. The number of hydrogen-bond donors (Lipinski definition) is 1. The number of rotatable bonds is 4. The molecule has 0 spiro atoms. The highest BCUT2D eigenvalue weighted by atomic mass is 19.4. The van der Waals surface area contributed by atoms with Gasteiger partial charge in [0, 0.05) is 30.1 Å². The molecule has 32 heavy (non-hydrogen) atoms. The fourth-order valence-corrected chi connectivity index (χ4v) is 7.13. The first-order valence-corrected chi connectivity index (χ1v) is 11.3. The maximum absolute atomic E-state index is 13.7. The lowest BCUT2D eigenvalue weighted by Crippen LogP contribution is -2.43. The molecule has 4 nitrogen and oxygen atoms in total. The van der Waals surface area contributed by atoms with Crippen molar-refractivity contribution in [2.75, 3.05) is 0 Å². The van der Waals surface area contributed by atoms with Crippen LogP contribution >= 0.6 is 0 Å². The van der Waals surface area contributed by atoms with Crippen LogP contribution in [-0.4, -0.2) is 27.7 Å².